The van der Waals surface area contributed by atoms with E-state index in [0.29, 0.717) is 17.8 Å². The summed E-state index contributed by atoms with van der Waals surface area (Å²) in [6.45, 7) is 2.55. The summed E-state index contributed by atoms with van der Waals surface area (Å²) in [5, 5.41) is 5.90. The van der Waals surface area contributed by atoms with E-state index >= 15 is 0 Å². The summed E-state index contributed by atoms with van der Waals surface area (Å²) in [6.07, 6.45) is -1.18. The van der Waals surface area contributed by atoms with Crippen molar-refractivity contribution < 1.29 is 19.1 Å². The number of anilines is 1. The molecule has 4 aromatic rings. The fourth-order valence-electron chi connectivity index (χ4n) is 4.77. The molecule has 0 unspecified atom stereocenters. The van der Waals surface area contributed by atoms with Crippen molar-refractivity contribution in [1.82, 2.24) is 10.2 Å². The molecule has 2 atom stereocenters. The van der Waals surface area contributed by atoms with Crippen LogP contribution in [0.5, 0.6) is 0 Å². The lowest BCUT2D eigenvalue weighted by atomic mass is 9.99. The van der Waals surface area contributed by atoms with Crippen LogP contribution in [0.15, 0.2) is 109 Å². The maximum Gasteiger partial charge on any atom is 0.411 e. The fourth-order valence-corrected chi connectivity index (χ4v) is 4.77. The molecule has 0 spiro atoms. The van der Waals surface area contributed by atoms with E-state index in [2.05, 4.69) is 10.6 Å². The van der Waals surface area contributed by atoms with Crippen molar-refractivity contribution in [2.75, 3.05) is 5.32 Å². The summed E-state index contributed by atoms with van der Waals surface area (Å²) < 4.78 is 5.81. The molecular weight excluding hydrogens is 502 g/mol. The van der Waals surface area contributed by atoms with Gasteiger partial charge in [0.2, 0.25) is 11.8 Å². The van der Waals surface area contributed by atoms with Crippen LogP contribution >= 0.6 is 0 Å². The third kappa shape index (κ3) is 6.56. The number of nitrogens with zero attached hydrogens (tertiary/aromatic N) is 1. The Morgan fingerprint density at radius 3 is 2.17 bits per heavy atom. The van der Waals surface area contributed by atoms with Crippen LogP contribution in [0.3, 0.4) is 0 Å². The molecule has 4 aromatic carbocycles. The summed E-state index contributed by atoms with van der Waals surface area (Å²) in [5.74, 6) is -0.477. The molecule has 0 bridgehead atoms. The standard InChI is InChI=1S/C33H31N3O4/c1-23-15-17-26(18-16-23)22-36-30(32(38)34-21-25-11-6-3-7-12-25)31(40-33(36)39)27-13-8-14-28(20-27)35-29(37)19-24-9-4-2-5-10-24/h2-18,20,30-31H,19,21-22H2,1H3,(H,34,38)(H,35,37)/t30-,31+/m1/s1. The van der Waals surface area contributed by atoms with Gasteiger partial charge in [0.25, 0.3) is 0 Å². The summed E-state index contributed by atoms with van der Waals surface area (Å²) >= 11 is 0. The predicted octanol–water partition coefficient (Wildman–Crippen LogP) is 5.55. The van der Waals surface area contributed by atoms with Crippen LogP contribution in [0.1, 0.15) is 33.9 Å². The average Bonchev–Trinajstić information content (AvgIpc) is 3.29. The molecule has 2 N–H and O–H groups in total. The first-order valence-electron chi connectivity index (χ1n) is 13.2. The summed E-state index contributed by atoms with van der Waals surface area (Å²) in [5.41, 5.74) is 5.04. The van der Waals surface area contributed by atoms with Gasteiger partial charge >= 0.3 is 6.09 Å². The van der Waals surface area contributed by atoms with Crippen LogP contribution in [-0.2, 0) is 33.8 Å². The normalized spacial score (nSPS) is 16.3. The number of hydrogen-bond acceptors (Lipinski definition) is 4. The minimum atomic E-state index is -0.896. The van der Waals surface area contributed by atoms with Gasteiger partial charge in [-0.1, -0.05) is 103 Å². The largest absolute Gasteiger partial charge is 0.438 e. The van der Waals surface area contributed by atoms with Crippen molar-refractivity contribution in [1.29, 1.82) is 0 Å². The second kappa shape index (κ2) is 12.3. The molecule has 0 aliphatic carbocycles. The van der Waals surface area contributed by atoms with Crippen LogP contribution in [0.25, 0.3) is 0 Å². The number of cyclic esters (lactones) is 1. The molecule has 1 fully saturated rings. The second-order valence-electron chi connectivity index (χ2n) is 9.90. The molecule has 0 radical (unpaired) electrons. The Morgan fingerprint density at radius 2 is 1.48 bits per heavy atom. The minimum Gasteiger partial charge on any atom is -0.438 e. The van der Waals surface area contributed by atoms with E-state index in [-0.39, 0.29) is 24.8 Å². The van der Waals surface area contributed by atoms with Crippen molar-refractivity contribution >= 4 is 23.6 Å². The van der Waals surface area contributed by atoms with Gasteiger partial charge < -0.3 is 15.4 Å². The molecule has 5 rings (SSSR count). The Morgan fingerprint density at radius 1 is 0.800 bits per heavy atom. The maximum absolute atomic E-state index is 13.6. The number of benzene rings is 4. The van der Waals surface area contributed by atoms with Gasteiger partial charge in [-0.05, 0) is 41.3 Å². The average molecular weight is 534 g/mol. The van der Waals surface area contributed by atoms with Gasteiger partial charge in [-0.3, -0.25) is 14.5 Å². The molecule has 7 nitrogen and oxygen atoms in total. The van der Waals surface area contributed by atoms with E-state index in [1.165, 1.54) is 4.90 Å². The van der Waals surface area contributed by atoms with Crippen molar-refractivity contribution in [3.63, 3.8) is 0 Å². The van der Waals surface area contributed by atoms with Gasteiger partial charge in [0, 0.05) is 12.2 Å². The van der Waals surface area contributed by atoms with Crippen molar-refractivity contribution in [3.05, 3.63) is 137 Å². The maximum atomic E-state index is 13.6. The third-order valence-corrected chi connectivity index (χ3v) is 6.84. The number of ether oxygens (including phenoxy) is 1. The summed E-state index contributed by atoms with van der Waals surface area (Å²) in [7, 11) is 0. The van der Waals surface area contributed by atoms with Gasteiger partial charge in [-0.2, -0.15) is 0 Å². The van der Waals surface area contributed by atoms with E-state index in [0.717, 1.165) is 22.3 Å². The van der Waals surface area contributed by atoms with Gasteiger partial charge in [0.15, 0.2) is 12.1 Å². The lowest BCUT2D eigenvalue weighted by molar-refractivity contribution is -0.126. The lowest BCUT2D eigenvalue weighted by Crippen LogP contribution is -2.46. The van der Waals surface area contributed by atoms with Crippen LogP contribution in [0, 0.1) is 6.92 Å². The van der Waals surface area contributed by atoms with E-state index in [1.807, 2.05) is 91.9 Å². The minimum absolute atomic E-state index is 0.162. The Kier molecular flexibility index (Phi) is 8.21. The molecule has 40 heavy (non-hydrogen) atoms. The first-order valence-corrected chi connectivity index (χ1v) is 13.2. The Balaban J connectivity index is 1.37. The Bertz CT molecular complexity index is 1470. The molecule has 202 valence electrons. The zero-order valence-corrected chi connectivity index (χ0v) is 22.2. The summed E-state index contributed by atoms with van der Waals surface area (Å²) in [4.78, 5) is 40.9. The first-order chi connectivity index (χ1) is 19.5. The highest BCUT2D eigenvalue weighted by Crippen LogP contribution is 2.35. The summed E-state index contributed by atoms with van der Waals surface area (Å²) in [6, 6.07) is 33.1. The van der Waals surface area contributed by atoms with Crippen molar-refractivity contribution in [2.45, 2.75) is 38.6 Å². The highest BCUT2D eigenvalue weighted by Gasteiger charge is 2.47. The predicted molar refractivity (Wildman–Crippen MR) is 153 cm³/mol. The molecule has 0 saturated carbocycles. The van der Waals surface area contributed by atoms with E-state index in [4.69, 9.17) is 4.74 Å². The Hall–Kier alpha value is -4.91. The quantitative estimate of drug-likeness (QED) is 0.295. The van der Waals surface area contributed by atoms with E-state index < -0.39 is 18.2 Å². The van der Waals surface area contributed by atoms with Gasteiger partial charge in [0.05, 0.1) is 13.0 Å². The number of nitrogens with one attached hydrogen (secondary N) is 2. The lowest BCUT2D eigenvalue weighted by Gasteiger charge is -2.24. The molecule has 3 amide bonds. The Labute approximate surface area is 233 Å². The number of amides is 3. The fraction of sp³-hybridized carbons (Fsp3) is 0.182. The number of aryl methyl sites for hydroxylation is 1. The van der Waals surface area contributed by atoms with Crippen LogP contribution in [0.4, 0.5) is 10.5 Å². The van der Waals surface area contributed by atoms with Crippen molar-refractivity contribution in [3.8, 4) is 0 Å². The number of hydrogen-bond donors (Lipinski definition) is 2. The van der Waals surface area contributed by atoms with Gasteiger partial charge in [-0.25, -0.2) is 4.79 Å². The zero-order chi connectivity index (χ0) is 27.9. The molecule has 1 saturated heterocycles. The number of carbonyl (C=O) groups excluding carboxylic acids is 3. The molecule has 7 heteroatoms. The van der Waals surface area contributed by atoms with Gasteiger partial charge in [-0.15, -0.1) is 0 Å². The van der Waals surface area contributed by atoms with Crippen molar-refractivity contribution in [2.24, 2.45) is 0 Å². The smallest absolute Gasteiger partial charge is 0.411 e. The second-order valence-corrected chi connectivity index (χ2v) is 9.90. The third-order valence-electron chi connectivity index (χ3n) is 6.84. The first kappa shape index (κ1) is 26.7. The molecule has 0 aromatic heterocycles. The van der Waals surface area contributed by atoms with Gasteiger partial charge in [0.1, 0.15) is 0 Å². The monoisotopic (exact) mass is 533 g/mol. The van der Waals surface area contributed by atoms with E-state index in [1.54, 1.807) is 24.3 Å². The highest BCUT2D eigenvalue weighted by atomic mass is 16.6. The molecular formula is C33H31N3O4. The highest BCUT2D eigenvalue weighted by molar-refractivity contribution is 5.92. The van der Waals surface area contributed by atoms with E-state index in [9.17, 15) is 14.4 Å². The number of rotatable bonds is 9. The van der Waals surface area contributed by atoms with Crippen LogP contribution in [-0.4, -0.2) is 28.8 Å². The molecule has 1 aliphatic heterocycles. The number of carbonyl (C=O) groups is 3. The van der Waals surface area contributed by atoms with Crippen LogP contribution < -0.4 is 10.6 Å². The van der Waals surface area contributed by atoms with Crippen LogP contribution in [0.2, 0.25) is 0 Å². The molecule has 1 heterocycles. The topological polar surface area (TPSA) is 87.7 Å². The zero-order valence-electron chi connectivity index (χ0n) is 22.2. The molecule has 1 aliphatic rings. The SMILES string of the molecule is Cc1ccc(CN2C(=O)O[C@@H](c3cccc(NC(=O)Cc4ccccc4)c3)[C@@H]2C(=O)NCc2ccccc2)cc1.